The lowest BCUT2D eigenvalue weighted by atomic mass is 10.2. The Morgan fingerprint density at radius 3 is 2.89 bits per heavy atom. The Labute approximate surface area is 112 Å². The third-order valence-corrected chi connectivity index (χ3v) is 3.84. The summed E-state index contributed by atoms with van der Waals surface area (Å²) < 4.78 is 0. The van der Waals surface area contributed by atoms with E-state index >= 15 is 0 Å². The maximum Gasteiger partial charge on any atom is 0.275 e. The van der Waals surface area contributed by atoms with Crippen LogP contribution in [0.25, 0.3) is 0 Å². The molecule has 0 aromatic carbocycles. The summed E-state index contributed by atoms with van der Waals surface area (Å²) in [4.78, 5) is 15.3. The van der Waals surface area contributed by atoms with Crippen LogP contribution in [0.1, 0.15) is 33.5 Å². The summed E-state index contributed by atoms with van der Waals surface area (Å²) in [5.74, 6) is 4.87. The van der Waals surface area contributed by atoms with E-state index in [1.807, 2.05) is 20.0 Å². The predicted molar refractivity (Wildman–Crippen MR) is 73.3 cm³/mol. The molecule has 1 rings (SSSR count). The third kappa shape index (κ3) is 4.38. The molecule has 1 heterocycles. The molecule has 0 saturated heterocycles. The van der Waals surface area contributed by atoms with Crippen LogP contribution in [0.2, 0.25) is 0 Å². The lowest BCUT2D eigenvalue weighted by molar-refractivity contribution is 0.0957. The molecule has 1 amide bonds. The fraction of sp³-hybridized carbons (Fsp3) is 0.583. The number of nitrogen functional groups attached to an aromatic ring is 1. The van der Waals surface area contributed by atoms with Crippen molar-refractivity contribution in [1.82, 2.24) is 10.3 Å². The van der Waals surface area contributed by atoms with E-state index in [0.717, 1.165) is 30.0 Å². The smallest absolute Gasteiger partial charge is 0.275 e. The van der Waals surface area contributed by atoms with Gasteiger partial charge < -0.3 is 10.0 Å². The molecule has 1 aromatic heterocycles. The van der Waals surface area contributed by atoms with Gasteiger partial charge in [0, 0.05) is 18.0 Å². The molecule has 0 aliphatic heterocycles. The minimum atomic E-state index is -0.283. The van der Waals surface area contributed by atoms with Gasteiger partial charge in [0.05, 0.1) is 11.0 Å². The van der Waals surface area contributed by atoms with Crippen LogP contribution in [0, 0.1) is 6.92 Å². The summed E-state index contributed by atoms with van der Waals surface area (Å²) in [5, 5.41) is 9.24. The molecule has 1 aromatic rings. The van der Waals surface area contributed by atoms with E-state index in [9.17, 15) is 9.90 Å². The number of nitrogens with two attached hydrogens (primary N) is 1. The Balaban J connectivity index is 2.61. The largest absolute Gasteiger partial charge is 0.393 e. The van der Waals surface area contributed by atoms with Crippen LogP contribution in [-0.4, -0.2) is 35.6 Å². The van der Waals surface area contributed by atoms with E-state index in [4.69, 9.17) is 5.84 Å². The number of nitrogens with zero attached hydrogens (tertiary/aromatic N) is 1. The number of aliphatic hydroxyl groups excluding tert-OH is 1. The zero-order valence-electron chi connectivity index (χ0n) is 11.1. The summed E-state index contributed by atoms with van der Waals surface area (Å²) in [6.07, 6.45) is 0.463. The molecule has 0 bridgehead atoms. The van der Waals surface area contributed by atoms with Gasteiger partial charge in [0.2, 0.25) is 0 Å². The molecule has 6 heteroatoms. The first-order chi connectivity index (χ1) is 8.43. The second-order valence-corrected chi connectivity index (χ2v) is 5.80. The van der Waals surface area contributed by atoms with Gasteiger partial charge in [-0.05, 0) is 38.9 Å². The standard InChI is InChI=1S/C12H21N3O2S/c1-8(16)4-5-15(3)7-10-6-11(12(17)14-13)18-9(10)2/h6,8,16H,4-5,7,13H2,1-3H3,(H,14,17). The molecular formula is C12H21N3O2S. The first kappa shape index (κ1) is 15.1. The summed E-state index contributed by atoms with van der Waals surface area (Å²) in [6.45, 7) is 5.38. The number of thiophene rings is 1. The van der Waals surface area contributed by atoms with Crippen molar-refractivity contribution in [2.45, 2.75) is 32.9 Å². The third-order valence-electron chi connectivity index (χ3n) is 2.74. The van der Waals surface area contributed by atoms with Gasteiger partial charge in [-0.2, -0.15) is 0 Å². The molecule has 1 unspecified atom stereocenters. The van der Waals surface area contributed by atoms with Crippen LogP contribution in [-0.2, 0) is 6.54 Å². The second kappa shape index (κ2) is 6.84. The number of aliphatic hydroxyl groups is 1. The Morgan fingerprint density at radius 2 is 2.33 bits per heavy atom. The molecule has 18 heavy (non-hydrogen) atoms. The summed E-state index contributed by atoms with van der Waals surface area (Å²) >= 11 is 1.45. The van der Waals surface area contributed by atoms with E-state index < -0.39 is 0 Å². The van der Waals surface area contributed by atoms with Gasteiger partial charge in [-0.1, -0.05) is 0 Å². The van der Waals surface area contributed by atoms with Gasteiger partial charge in [0.25, 0.3) is 5.91 Å². The zero-order chi connectivity index (χ0) is 13.7. The lowest BCUT2D eigenvalue weighted by Crippen LogP contribution is -2.29. The van der Waals surface area contributed by atoms with Crippen LogP contribution < -0.4 is 11.3 Å². The molecule has 102 valence electrons. The van der Waals surface area contributed by atoms with Gasteiger partial charge in [-0.15, -0.1) is 11.3 Å². The quantitative estimate of drug-likeness (QED) is 0.407. The minimum Gasteiger partial charge on any atom is -0.393 e. The molecule has 1 atom stereocenters. The van der Waals surface area contributed by atoms with Gasteiger partial charge >= 0.3 is 0 Å². The predicted octanol–water partition coefficient (Wildman–Crippen LogP) is 0.863. The second-order valence-electron chi connectivity index (χ2n) is 4.54. The van der Waals surface area contributed by atoms with Crippen LogP contribution >= 0.6 is 11.3 Å². The fourth-order valence-electron chi connectivity index (χ4n) is 1.64. The molecule has 0 saturated carbocycles. The number of carbonyl (C=O) groups is 1. The van der Waals surface area contributed by atoms with Gasteiger partial charge in [0.1, 0.15) is 0 Å². The van der Waals surface area contributed by atoms with Crippen molar-refractivity contribution in [3.63, 3.8) is 0 Å². The number of hydrazine groups is 1. The first-order valence-electron chi connectivity index (χ1n) is 5.91. The van der Waals surface area contributed by atoms with Crippen molar-refractivity contribution in [3.8, 4) is 0 Å². The van der Waals surface area contributed by atoms with Crippen LogP contribution in [0.4, 0.5) is 0 Å². The van der Waals surface area contributed by atoms with Crippen molar-refractivity contribution in [2.75, 3.05) is 13.6 Å². The first-order valence-corrected chi connectivity index (χ1v) is 6.72. The Kier molecular flexibility index (Phi) is 5.74. The number of nitrogens with one attached hydrogen (secondary N) is 1. The Morgan fingerprint density at radius 1 is 1.67 bits per heavy atom. The van der Waals surface area contributed by atoms with Crippen LogP contribution in [0.5, 0.6) is 0 Å². The lowest BCUT2D eigenvalue weighted by Gasteiger charge is -2.17. The molecule has 5 nitrogen and oxygen atoms in total. The number of aryl methyl sites for hydroxylation is 1. The van der Waals surface area contributed by atoms with Crippen LogP contribution in [0.15, 0.2) is 6.07 Å². The average molecular weight is 271 g/mol. The van der Waals surface area contributed by atoms with E-state index in [-0.39, 0.29) is 12.0 Å². The Bertz CT molecular complexity index is 404. The van der Waals surface area contributed by atoms with E-state index in [1.54, 1.807) is 6.92 Å². The number of hydrogen-bond donors (Lipinski definition) is 3. The maximum atomic E-state index is 11.4. The van der Waals surface area contributed by atoms with Crippen molar-refractivity contribution in [1.29, 1.82) is 0 Å². The van der Waals surface area contributed by atoms with E-state index in [1.165, 1.54) is 11.3 Å². The van der Waals surface area contributed by atoms with Crippen molar-refractivity contribution in [3.05, 3.63) is 21.4 Å². The monoisotopic (exact) mass is 271 g/mol. The highest BCUT2D eigenvalue weighted by molar-refractivity contribution is 7.14. The number of carbonyl (C=O) groups excluding carboxylic acids is 1. The highest BCUT2D eigenvalue weighted by Gasteiger charge is 2.12. The number of amides is 1. The van der Waals surface area contributed by atoms with Gasteiger partial charge in [-0.3, -0.25) is 10.2 Å². The van der Waals surface area contributed by atoms with Gasteiger partial charge in [-0.25, -0.2) is 5.84 Å². The maximum absolute atomic E-state index is 11.4. The van der Waals surface area contributed by atoms with E-state index in [2.05, 4.69) is 10.3 Å². The highest BCUT2D eigenvalue weighted by Crippen LogP contribution is 2.22. The molecule has 0 radical (unpaired) electrons. The highest BCUT2D eigenvalue weighted by atomic mass is 32.1. The van der Waals surface area contributed by atoms with Crippen molar-refractivity contribution >= 4 is 17.2 Å². The van der Waals surface area contributed by atoms with E-state index in [0.29, 0.717) is 4.88 Å². The molecular weight excluding hydrogens is 250 g/mol. The van der Waals surface area contributed by atoms with Crippen molar-refractivity contribution < 1.29 is 9.90 Å². The zero-order valence-corrected chi connectivity index (χ0v) is 11.9. The van der Waals surface area contributed by atoms with Crippen LogP contribution in [0.3, 0.4) is 0 Å². The van der Waals surface area contributed by atoms with Crippen molar-refractivity contribution in [2.24, 2.45) is 5.84 Å². The molecule has 0 aliphatic carbocycles. The number of rotatable bonds is 6. The SMILES string of the molecule is Cc1sc(C(=O)NN)cc1CN(C)CCC(C)O. The number of hydrogen-bond acceptors (Lipinski definition) is 5. The van der Waals surface area contributed by atoms with Gasteiger partial charge in [0.15, 0.2) is 0 Å². The summed E-state index contributed by atoms with van der Waals surface area (Å²) in [6, 6.07) is 1.88. The molecule has 4 N–H and O–H groups in total. The molecule has 0 aliphatic rings. The summed E-state index contributed by atoms with van der Waals surface area (Å²) in [7, 11) is 2.00. The normalized spacial score (nSPS) is 12.8. The summed E-state index contributed by atoms with van der Waals surface area (Å²) in [5.41, 5.74) is 3.27. The minimum absolute atomic E-state index is 0.249. The molecule has 0 spiro atoms. The Hall–Kier alpha value is -0.950. The fourth-order valence-corrected chi connectivity index (χ4v) is 2.57. The average Bonchev–Trinajstić information content (AvgIpc) is 2.67. The molecule has 0 fully saturated rings. The topological polar surface area (TPSA) is 78.6 Å².